The van der Waals surface area contributed by atoms with Gasteiger partial charge in [0.1, 0.15) is 6.34 Å². The first-order valence-electron chi connectivity index (χ1n) is 6.34. The summed E-state index contributed by atoms with van der Waals surface area (Å²) in [6.45, 7) is 0. The molecule has 0 saturated carbocycles. The van der Waals surface area contributed by atoms with Gasteiger partial charge >= 0.3 is 0 Å². The minimum atomic E-state index is -0.263. The van der Waals surface area contributed by atoms with Gasteiger partial charge in [-0.1, -0.05) is 18.2 Å². The van der Waals surface area contributed by atoms with E-state index in [0.29, 0.717) is 5.56 Å². The van der Waals surface area contributed by atoms with Crippen molar-refractivity contribution in [3.8, 4) is 5.69 Å². The summed E-state index contributed by atoms with van der Waals surface area (Å²) in [5.41, 5.74) is 2.40. The third-order valence-electron chi connectivity index (χ3n) is 3.13. The van der Waals surface area contributed by atoms with Gasteiger partial charge in [-0.2, -0.15) is 5.10 Å². The number of nitrogens with two attached hydrogens (primary N) is 1. The minimum Gasteiger partial charge on any atom is -0.322 e. The molecule has 0 spiro atoms. The lowest BCUT2D eigenvalue weighted by Gasteiger charge is -2.06. The molecule has 0 unspecified atom stereocenters. The molecule has 0 atom stereocenters. The summed E-state index contributed by atoms with van der Waals surface area (Å²) in [5.74, 6) is 4.69. The Morgan fingerprint density at radius 3 is 3.00 bits per heavy atom. The number of carbonyl (C=O) groups is 1. The molecule has 0 aliphatic rings. The number of fused-ring (bicyclic) bond motifs is 1. The Bertz CT molecular complexity index is 816. The maximum absolute atomic E-state index is 11.8. The molecular formula is C15H13N5O. The Labute approximate surface area is 120 Å². The zero-order valence-corrected chi connectivity index (χ0v) is 11.1. The summed E-state index contributed by atoms with van der Waals surface area (Å²) in [4.78, 5) is 16.2. The summed E-state index contributed by atoms with van der Waals surface area (Å²) in [7, 11) is 0. The van der Waals surface area contributed by atoms with Crippen molar-refractivity contribution in [2.45, 2.75) is 0 Å². The van der Waals surface area contributed by atoms with Crippen molar-refractivity contribution in [2.75, 3.05) is 0 Å². The number of pyridine rings is 1. The molecule has 0 radical (unpaired) electrons. The molecule has 0 saturated heterocycles. The lowest BCUT2D eigenvalue weighted by molar-refractivity contribution is 0.0978. The van der Waals surface area contributed by atoms with Gasteiger partial charge in [0.25, 0.3) is 5.91 Å². The van der Waals surface area contributed by atoms with Crippen LogP contribution in [0.25, 0.3) is 16.6 Å². The highest BCUT2D eigenvalue weighted by molar-refractivity contribution is 6.00. The second-order valence-corrected chi connectivity index (χ2v) is 4.41. The zero-order chi connectivity index (χ0) is 14.7. The van der Waals surface area contributed by atoms with E-state index in [-0.39, 0.29) is 5.91 Å². The Morgan fingerprint density at radius 2 is 2.14 bits per heavy atom. The first kappa shape index (κ1) is 12.9. The van der Waals surface area contributed by atoms with E-state index in [1.165, 1.54) is 0 Å². The zero-order valence-electron chi connectivity index (χ0n) is 11.1. The summed E-state index contributed by atoms with van der Waals surface area (Å²) >= 11 is 0. The number of hydrogen-bond donors (Lipinski definition) is 2. The number of hydrazone groups is 1. The SMILES string of the molecule is NN=CNC(=O)c1ccn(-c2ccnc3ccccc23)c1. The number of carbonyl (C=O) groups excluding carboxylic acids is 1. The van der Waals surface area contributed by atoms with Crippen molar-refractivity contribution in [3.05, 3.63) is 60.6 Å². The molecule has 3 aromatic rings. The molecule has 2 heterocycles. The van der Waals surface area contributed by atoms with Gasteiger partial charge in [-0.15, -0.1) is 0 Å². The van der Waals surface area contributed by atoms with Crippen LogP contribution in [-0.2, 0) is 0 Å². The number of aromatic nitrogens is 2. The molecule has 3 N–H and O–H groups in total. The molecule has 1 amide bonds. The molecule has 3 rings (SSSR count). The van der Waals surface area contributed by atoms with Crippen molar-refractivity contribution in [1.82, 2.24) is 14.9 Å². The van der Waals surface area contributed by atoms with Crippen molar-refractivity contribution >= 4 is 23.1 Å². The maximum atomic E-state index is 11.8. The van der Waals surface area contributed by atoms with Crippen LogP contribution < -0.4 is 11.2 Å². The predicted octanol–water partition coefficient (Wildman–Crippen LogP) is 1.66. The van der Waals surface area contributed by atoms with E-state index < -0.39 is 0 Å². The first-order chi connectivity index (χ1) is 10.3. The van der Waals surface area contributed by atoms with E-state index in [2.05, 4.69) is 15.4 Å². The molecule has 0 bridgehead atoms. The normalized spacial score (nSPS) is 11.0. The third kappa shape index (κ3) is 2.46. The van der Waals surface area contributed by atoms with Gasteiger partial charge in [-0.25, -0.2) is 0 Å². The van der Waals surface area contributed by atoms with Crippen LogP contribution in [0.5, 0.6) is 0 Å². The number of hydrogen-bond acceptors (Lipinski definition) is 4. The van der Waals surface area contributed by atoms with Gasteiger partial charge in [0.15, 0.2) is 0 Å². The van der Waals surface area contributed by atoms with Crippen molar-refractivity contribution in [2.24, 2.45) is 10.9 Å². The fourth-order valence-corrected chi connectivity index (χ4v) is 2.17. The standard InChI is InChI=1S/C15H13N5O/c16-19-10-18-15(21)11-6-8-20(9-11)14-5-7-17-13-4-2-1-3-12(13)14/h1-10H,16H2,(H,18,19,21). The van der Waals surface area contributed by atoms with Crippen LogP contribution in [-0.4, -0.2) is 21.8 Å². The smallest absolute Gasteiger partial charge is 0.257 e. The Kier molecular flexibility index (Phi) is 3.34. The molecule has 2 aromatic heterocycles. The van der Waals surface area contributed by atoms with E-state index >= 15 is 0 Å². The quantitative estimate of drug-likeness (QED) is 0.331. The highest BCUT2D eigenvalue weighted by Gasteiger charge is 2.08. The summed E-state index contributed by atoms with van der Waals surface area (Å²) in [5, 5.41) is 6.72. The average Bonchev–Trinajstić information content (AvgIpc) is 3.02. The largest absolute Gasteiger partial charge is 0.322 e. The average molecular weight is 279 g/mol. The van der Waals surface area contributed by atoms with Gasteiger partial charge in [0.2, 0.25) is 0 Å². The topological polar surface area (TPSA) is 85.3 Å². The lowest BCUT2D eigenvalue weighted by Crippen LogP contribution is -2.21. The predicted molar refractivity (Wildman–Crippen MR) is 81.2 cm³/mol. The van der Waals surface area contributed by atoms with Crippen LogP contribution in [0.15, 0.2) is 60.1 Å². The summed E-state index contributed by atoms with van der Waals surface area (Å²) in [6, 6.07) is 11.5. The van der Waals surface area contributed by atoms with E-state index in [1.807, 2.05) is 41.1 Å². The second kappa shape index (κ2) is 5.46. The Hall–Kier alpha value is -3.15. The van der Waals surface area contributed by atoms with Gasteiger partial charge in [0.05, 0.1) is 16.8 Å². The van der Waals surface area contributed by atoms with Crippen LogP contribution in [0, 0.1) is 0 Å². The number of rotatable bonds is 3. The van der Waals surface area contributed by atoms with E-state index in [0.717, 1.165) is 22.9 Å². The molecule has 21 heavy (non-hydrogen) atoms. The van der Waals surface area contributed by atoms with Crippen LogP contribution in [0.1, 0.15) is 10.4 Å². The number of nitrogens with one attached hydrogen (secondary N) is 1. The number of para-hydroxylation sites is 1. The monoisotopic (exact) mass is 279 g/mol. The molecule has 0 fully saturated rings. The summed E-state index contributed by atoms with van der Waals surface area (Å²) < 4.78 is 1.89. The van der Waals surface area contributed by atoms with Crippen LogP contribution in [0.3, 0.4) is 0 Å². The lowest BCUT2D eigenvalue weighted by atomic mass is 10.2. The van der Waals surface area contributed by atoms with Gasteiger partial charge in [0, 0.05) is 24.0 Å². The Morgan fingerprint density at radius 1 is 1.29 bits per heavy atom. The van der Waals surface area contributed by atoms with Gasteiger partial charge < -0.3 is 15.7 Å². The fourth-order valence-electron chi connectivity index (χ4n) is 2.17. The molecule has 6 nitrogen and oxygen atoms in total. The fraction of sp³-hybridized carbons (Fsp3) is 0. The first-order valence-corrected chi connectivity index (χ1v) is 6.34. The van der Waals surface area contributed by atoms with Crippen molar-refractivity contribution in [1.29, 1.82) is 0 Å². The number of nitrogens with zero attached hydrogens (tertiary/aromatic N) is 3. The molecular weight excluding hydrogens is 266 g/mol. The number of benzene rings is 1. The summed E-state index contributed by atoms with van der Waals surface area (Å²) in [6.07, 6.45) is 6.48. The maximum Gasteiger partial charge on any atom is 0.257 e. The molecule has 1 aromatic carbocycles. The van der Waals surface area contributed by atoms with Gasteiger partial charge in [-0.05, 0) is 18.2 Å². The van der Waals surface area contributed by atoms with E-state index in [1.54, 1.807) is 18.5 Å². The van der Waals surface area contributed by atoms with Crippen LogP contribution in [0.4, 0.5) is 0 Å². The van der Waals surface area contributed by atoms with Crippen molar-refractivity contribution in [3.63, 3.8) is 0 Å². The van der Waals surface area contributed by atoms with E-state index in [4.69, 9.17) is 5.84 Å². The molecule has 6 heteroatoms. The van der Waals surface area contributed by atoms with Crippen LogP contribution >= 0.6 is 0 Å². The van der Waals surface area contributed by atoms with Gasteiger partial charge in [-0.3, -0.25) is 9.78 Å². The second-order valence-electron chi connectivity index (χ2n) is 4.41. The third-order valence-corrected chi connectivity index (χ3v) is 3.13. The highest BCUT2D eigenvalue weighted by Crippen LogP contribution is 2.20. The Balaban J connectivity index is 2.00. The minimum absolute atomic E-state index is 0.263. The molecule has 104 valence electrons. The van der Waals surface area contributed by atoms with E-state index in [9.17, 15) is 4.79 Å². The highest BCUT2D eigenvalue weighted by atomic mass is 16.1. The molecule has 0 aliphatic carbocycles. The molecule has 0 aliphatic heterocycles. The van der Waals surface area contributed by atoms with Crippen LogP contribution in [0.2, 0.25) is 0 Å². The number of amides is 1. The van der Waals surface area contributed by atoms with Crippen molar-refractivity contribution < 1.29 is 4.79 Å².